The van der Waals surface area contributed by atoms with E-state index in [1.807, 2.05) is 18.2 Å². The molecule has 2 unspecified atom stereocenters. The van der Waals surface area contributed by atoms with Gasteiger partial charge in [-0.1, -0.05) is 138 Å². The second kappa shape index (κ2) is 39.4. The number of rotatable bonds is 40. The van der Waals surface area contributed by atoms with Gasteiger partial charge in [-0.25, -0.2) is 9.13 Å². The minimum absolute atomic E-state index is 0.0534. The SMILES string of the molecule is CCCCC/C=C\C/C=C\CC(O)/C=C\C=C\CCCC(=O)OC[C@H](COP(=O)(O)OC[C@@H](O)COP(=O)(O)O)OC(=O)CCCCCCC/C=C\C=C/CCCCCC. The van der Waals surface area contributed by atoms with Gasteiger partial charge in [0, 0.05) is 12.8 Å². The molecule has 0 heterocycles. The van der Waals surface area contributed by atoms with Crippen molar-refractivity contribution in [3.8, 4) is 0 Å². The molecular formula is C44H76O14P2. The summed E-state index contributed by atoms with van der Waals surface area (Å²) in [6, 6.07) is 0. The Morgan fingerprint density at radius 3 is 1.75 bits per heavy atom. The maximum atomic E-state index is 12.6. The van der Waals surface area contributed by atoms with Crippen LogP contribution < -0.4 is 0 Å². The lowest BCUT2D eigenvalue weighted by atomic mass is 10.1. The Balaban J connectivity index is 4.73. The lowest BCUT2D eigenvalue weighted by Crippen LogP contribution is -2.30. The van der Waals surface area contributed by atoms with E-state index in [4.69, 9.17) is 23.8 Å². The summed E-state index contributed by atoms with van der Waals surface area (Å²) in [5.74, 6) is -1.18. The number of carbonyl (C=O) groups is 2. The third kappa shape index (κ3) is 42.2. The molecule has 0 saturated heterocycles. The number of hydrogen-bond acceptors (Lipinski definition) is 11. The number of esters is 2. The van der Waals surface area contributed by atoms with Gasteiger partial charge in [-0.05, 0) is 70.6 Å². The van der Waals surface area contributed by atoms with Gasteiger partial charge in [0.1, 0.15) is 12.7 Å². The van der Waals surface area contributed by atoms with Crippen molar-refractivity contribution in [1.82, 2.24) is 0 Å². The average molecular weight is 891 g/mol. The van der Waals surface area contributed by atoms with Crippen LogP contribution in [-0.2, 0) is 41.8 Å². The van der Waals surface area contributed by atoms with Gasteiger partial charge in [0.15, 0.2) is 6.10 Å². The topological polar surface area (TPSA) is 216 Å². The van der Waals surface area contributed by atoms with Crippen LogP contribution >= 0.6 is 15.6 Å². The number of ether oxygens (including phenoxy) is 2. The summed E-state index contributed by atoms with van der Waals surface area (Å²) in [5.41, 5.74) is 0. The Hall–Kier alpha value is -2.48. The normalized spacial score (nSPS) is 15.2. The highest BCUT2D eigenvalue weighted by molar-refractivity contribution is 7.47. The molecule has 0 bridgehead atoms. The Labute approximate surface area is 359 Å². The van der Waals surface area contributed by atoms with E-state index in [2.05, 4.69) is 59.4 Å². The quantitative estimate of drug-likeness (QED) is 0.0127. The monoisotopic (exact) mass is 890 g/mol. The van der Waals surface area contributed by atoms with Crippen LogP contribution in [0.3, 0.4) is 0 Å². The molecule has 0 spiro atoms. The number of unbranched alkanes of at least 4 members (excludes halogenated alkanes) is 13. The summed E-state index contributed by atoms with van der Waals surface area (Å²) in [6.07, 6.45) is 39.2. The number of allylic oxidation sites excluding steroid dienone is 10. The maximum absolute atomic E-state index is 12.6. The van der Waals surface area contributed by atoms with Crippen LogP contribution in [0, 0.1) is 0 Å². The van der Waals surface area contributed by atoms with Gasteiger partial charge in [0.05, 0.1) is 25.9 Å². The molecule has 346 valence electrons. The zero-order chi connectivity index (χ0) is 44.6. The summed E-state index contributed by atoms with van der Waals surface area (Å²) in [6.45, 7) is 1.52. The first-order chi connectivity index (χ1) is 28.8. The van der Waals surface area contributed by atoms with Crippen molar-refractivity contribution >= 4 is 27.6 Å². The second-order valence-corrected chi connectivity index (χ2v) is 17.2. The van der Waals surface area contributed by atoms with E-state index in [-0.39, 0.29) is 12.8 Å². The number of aliphatic hydroxyl groups is 2. The fraction of sp³-hybridized carbons (Fsp3) is 0.682. The lowest BCUT2D eigenvalue weighted by Gasteiger charge is -2.20. The van der Waals surface area contributed by atoms with Gasteiger partial charge in [-0.15, -0.1) is 0 Å². The van der Waals surface area contributed by atoms with Crippen LogP contribution in [0.2, 0.25) is 0 Å². The summed E-state index contributed by atoms with van der Waals surface area (Å²) in [4.78, 5) is 52.6. The number of aliphatic hydroxyl groups excluding tert-OH is 2. The molecule has 5 N–H and O–H groups in total. The molecule has 0 radical (unpaired) electrons. The number of carbonyl (C=O) groups excluding carboxylic acids is 2. The van der Waals surface area contributed by atoms with Crippen LogP contribution in [0.15, 0.2) is 72.9 Å². The lowest BCUT2D eigenvalue weighted by molar-refractivity contribution is -0.161. The van der Waals surface area contributed by atoms with Crippen LogP contribution in [0.5, 0.6) is 0 Å². The molecule has 0 amide bonds. The van der Waals surface area contributed by atoms with E-state index in [1.54, 1.807) is 18.2 Å². The van der Waals surface area contributed by atoms with E-state index >= 15 is 0 Å². The molecule has 0 aliphatic heterocycles. The van der Waals surface area contributed by atoms with Gasteiger partial charge in [-0.2, -0.15) is 0 Å². The summed E-state index contributed by atoms with van der Waals surface area (Å²) in [7, 11) is -9.73. The maximum Gasteiger partial charge on any atom is 0.472 e. The first-order valence-electron chi connectivity index (χ1n) is 21.8. The van der Waals surface area contributed by atoms with Crippen LogP contribution in [0.25, 0.3) is 0 Å². The first-order valence-corrected chi connectivity index (χ1v) is 24.8. The average Bonchev–Trinajstić information content (AvgIpc) is 3.20. The molecule has 0 aromatic heterocycles. The predicted octanol–water partition coefficient (Wildman–Crippen LogP) is 9.98. The molecular weight excluding hydrogens is 814 g/mol. The Kier molecular flexibility index (Phi) is 37.7. The van der Waals surface area contributed by atoms with Gasteiger partial charge >= 0.3 is 27.6 Å². The van der Waals surface area contributed by atoms with E-state index in [0.717, 1.165) is 51.4 Å². The third-order valence-corrected chi connectivity index (χ3v) is 10.1. The van der Waals surface area contributed by atoms with Gasteiger partial charge in [0.25, 0.3) is 0 Å². The van der Waals surface area contributed by atoms with Crippen molar-refractivity contribution in [3.63, 3.8) is 0 Å². The second-order valence-electron chi connectivity index (χ2n) is 14.5. The largest absolute Gasteiger partial charge is 0.472 e. The molecule has 0 fully saturated rings. The minimum atomic E-state index is -4.88. The van der Waals surface area contributed by atoms with Crippen LogP contribution in [-0.4, -0.2) is 81.6 Å². The van der Waals surface area contributed by atoms with Crippen molar-refractivity contribution in [3.05, 3.63) is 72.9 Å². The van der Waals surface area contributed by atoms with E-state index in [1.165, 1.54) is 44.9 Å². The highest BCUT2D eigenvalue weighted by atomic mass is 31.2. The Bertz CT molecular complexity index is 1350. The number of phosphoric ester groups is 2. The molecule has 16 heteroatoms. The van der Waals surface area contributed by atoms with Crippen molar-refractivity contribution in [2.45, 2.75) is 167 Å². The third-order valence-electron chi connectivity index (χ3n) is 8.67. The van der Waals surface area contributed by atoms with Crippen molar-refractivity contribution < 1.29 is 66.7 Å². The van der Waals surface area contributed by atoms with E-state index in [9.17, 15) is 33.8 Å². The molecule has 14 nitrogen and oxygen atoms in total. The van der Waals surface area contributed by atoms with E-state index < -0.39 is 72.3 Å². The number of hydrogen-bond donors (Lipinski definition) is 5. The highest BCUT2D eigenvalue weighted by Gasteiger charge is 2.28. The smallest absolute Gasteiger partial charge is 0.462 e. The molecule has 60 heavy (non-hydrogen) atoms. The fourth-order valence-corrected chi connectivity index (χ4v) is 6.45. The fourth-order valence-electron chi connectivity index (χ4n) is 5.29. The Morgan fingerprint density at radius 2 is 1.07 bits per heavy atom. The summed E-state index contributed by atoms with van der Waals surface area (Å²) in [5, 5.41) is 19.9. The summed E-state index contributed by atoms with van der Waals surface area (Å²) < 4.78 is 47.6. The van der Waals surface area contributed by atoms with Crippen molar-refractivity contribution in [1.29, 1.82) is 0 Å². The zero-order valence-corrected chi connectivity index (χ0v) is 37.9. The van der Waals surface area contributed by atoms with Crippen LogP contribution in [0.1, 0.15) is 149 Å². The van der Waals surface area contributed by atoms with E-state index in [0.29, 0.717) is 25.7 Å². The standard InChI is InChI=1S/C44H76O14P2/c1-3-5-7-9-11-13-14-15-16-17-18-20-22-26-31-35-44(48)58-42(39-57-60(52,53)56-37-41(46)36-55-59(49,50)51)38-54-43(47)34-30-27-23-25-29-33-40(45)32-28-24-21-19-12-10-8-6-4-2/h12-16,19,23-25,28-29,33,40-42,45-46H,3-11,17-18,20-22,26-27,30-32,34-39H2,1-2H3,(H,52,53)(H2,49,50,51)/b14-13-,16-15-,19-12-,25-23+,28-24-,33-29-/t40?,41-,42+/m0/s1. The molecule has 0 aromatic rings. The van der Waals surface area contributed by atoms with Crippen molar-refractivity contribution in [2.75, 3.05) is 26.4 Å². The van der Waals surface area contributed by atoms with Gasteiger partial charge in [0.2, 0.25) is 0 Å². The summed E-state index contributed by atoms with van der Waals surface area (Å²) >= 11 is 0. The predicted molar refractivity (Wildman–Crippen MR) is 236 cm³/mol. The first kappa shape index (κ1) is 57.5. The highest BCUT2D eigenvalue weighted by Crippen LogP contribution is 2.43. The molecule has 4 atom stereocenters. The van der Waals surface area contributed by atoms with Gasteiger partial charge < -0.3 is 34.4 Å². The molecule has 0 aliphatic carbocycles. The minimum Gasteiger partial charge on any atom is -0.462 e. The molecule has 0 saturated carbocycles. The molecule has 0 aliphatic rings. The number of phosphoric acid groups is 2. The van der Waals surface area contributed by atoms with Crippen LogP contribution in [0.4, 0.5) is 0 Å². The molecule has 0 aromatic carbocycles. The molecule has 0 rings (SSSR count). The zero-order valence-electron chi connectivity index (χ0n) is 36.1. The van der Waals surface area contributed by atoms with Crippen molar-refractivity contribution in [2.24, 2.45) is 0 Å². The Morgan fingerprint density at radius 1 is 0.550 bits per heavy atom. The van der Waals surface area contributed by atoms with Gasteiger partial charge in [-0.3, -0.25) is 23.2 Å².